The maximum Gasteiger partial charge on any atom is 0.147 e. The molecule has 0 unspecified atom stereocenters. The summed E-state index contributed by atoms with van der Waals surface area (Å²) in [5.41, 5.74) is 9.65. The molecule has 2 aromatic carbocycles. The molecule has 1 aliphatic rings. The summed E-state index contributed by atoms with van der Waals surface area (Å²) in [5.74, 6) is 0. The zero-order valence-corrected chi connectivity index (χ0v) is 14.9. The number of aromatic nitrogens is 4. The molecule has 1 aliphatic carbocycles. The van der Waals surface area contributed by atoms with Crippen LogP contribution < -0.4 is 0 Å². The summed E-state index contributed by atoms with van der Waals surface area (Å²) in [6, 6.07) is 17.2. The topological polar surface area (TPSA) is 43.1 Å². The Hall–Kier alpha value is -3.79. The van der Waals surface area contributed by atoms with Gasteiger partial charge in [-0.15, -0.1) is 0 Å². The Morgan fingerprint density at radius 3 is 2.57 bits per heavy atom. The van der Waals surface area contributed by atoms with E-state index >= 15 is 0 Å². The van der Waals surface area contributed by atoms with Crippen LogP contribution in [0.25, 0.3) is 49.5 Å². The normalized spacial score (nSPS) is 12.9. The van der Waals surface area contributed by atoms with E-state index in [1.54, 1.807) is 0 Å². The van der Waals surface area contributed by atoms with E-state index in [1.165, 1.54) is 27.8 Å². The van der Waals surface area contributed by atoms with Crippen LogP contribution in [0.5, 0.6) is 0 Å². The molecule has 0 atom stereocenters. The summed E-state index contributed by atoms with van der Waals surface area (Å²) in [6.45, 7) is 0. The van der Waals surface area contributed by atoms with Crippen molar-refractivity contribution in [3.05, 3.63) is 84.4 Å². The molecule has 130 valence electrons. The highest BCUT2D eigenvalue weighted by atomic mass is 15.0. The molecule has 0 N–H and O–H groups in total. The average molecular weight is 358 g/mol. The van der Waals surface area contributed by atoms with E-state index in [4.69, 9.17) is 4.98 Å². The van der Waals surface area contributed by atoms with Crippen molar-refractivity contribution in [2.45, 2.75) is 6.42 Å². The number of benzene rings is 2. The molecule has 4 nitrogen and oxygen atoms in total. The third-order valence-electron chi connectivity index (χ3n) is 5.96. The van der Waals surface area contributed by atoms with Crippen molar-refractivity contribution in [3.63, 3.8) is 0 Å². The number of rotatable bonds is 0. The first-order chi connectivity index (χ1) is 13.9. The summed E-state index contributed by atoms with van der Waals surface area (Å²) in [6.07, 6.45) is 8.53. The highest BCUT2D eigenvalue weighted by molar-refractivity contribution is 6.14. The van der Waals surface area contributed by atoms with Crippen LogP contribution in [0.15, 0.2) is 73.3 Å². The first-order valence-electron chi connectivity index (χ1n) is 9.42. The van der Waals surface area contributed by atoms with Crippen molar-refractivity contribution in [3.8, 4) is 11.1 Å². The van der Waals surface area contributed by atoms with Crippen LogP contribution in [-0.2, 0) is 6.42 Å². The summed E-state index contributed by atoms with van der Waals surface area (Å²) >= 11 is 0. The lowest BCUT2D eigenvalue weighted by atomic mass is 10.0. The third kappa shape index (κ3) is 1.63. The van der Waals surface area contributed by atoms with Crippen molar-refractivity contribution < 1.29 is 0 Å². The van der Waals surface area contributed by atoms with Gasteiger partial charge in [-0.3, -0.25) is 14.4 Å². The van der Waals surface area contributed by atoms with Gasteiger partial charge >= 0.3 is 0 Å². The quantitative estimate of drug-likeness (QED) is 0.352. The van der Waals surface area contributed by atoms with Crippen molar-refractivity contribution in [1.82, 2.24) is 19.4 Å². The monoisotopic (exact) mass is 358 g/mol. The SMILES string of the molecule is c1ccc2c(c1)Cc1ccc3nc4c5cnccc5c5cnccc5n4c3c1-2. The third-order valence-corrected chi connectivity index (χ3v) is 5.96. The fourth-order valence-corrected chi connectivity index (χ4v) is 4.79. The Morgan fingerprint density at radius 1 is 0.750 bits per heavy atom. The highest BCUT2D eigenvalue weighted by Gasteiger charge is 2.24. The summed E-state index contributed by atoms with van der Waals surface area (Å²) in [4.78, 5) is 13.8. The van der Waals surface area contributed by atoms with Gasteiger partial charge in [-0.2, -0.15) is 0 Å². The van der Waals surface area contributed by atoms with Gasteiger partial charge in [0.05, 0.1) is 16.6 Å². The Morgan fingerprint density at radius 2 is 1.61 bits per heavy atom. The number of nitrogens with zero attached hydrogens (tertiary/aromatic N) is 4. The van der Waals surface area contributed by atoms with Crippen LogP contribution in [0.4, 0.5) is 0 Å². The smallest absolute Gasteiger partial charge is 0.147 e. The Bertz CT molecular complexity index is 1590. The zero-order chi connectivity index (χ0) is 18.2. The molecule has 0 fully saturated rings. The predicted octanol–water partition coefficient (Wildman–Crippen LogP) is 5.16. The maximum absolute atomic E-state index is 5.05. The van der Waals surface area contributed by atoms with E-state index in [9.17, 15) is 0 Å². The van der Waals surface area contributed by atoms with E-state index in [-0.39, 0.29) is 0 Å². The van der Waals surface area contributed by atoms with E-state index in [1.807, 2.05) is 24.8 Å². The largest absolute Gasteiger partial charge is 0.291 e. The number of fused-ring (bicyclic) bond motifs is 12. The Balaban J connectivity index is 1.82. The fourth-order valence-electron chi connectivity index (χ4n) is 4.79. The summed E-state index contributed by atoms with van der Waals surface area (Å²) < 4.78 is 2.30. The van der Waals surface area contributed by atoms with E-state index < -0.39 is 0 Å². The molecule has 0 aliphatic heterocycles. The molecule has 6 aromatic rings. The minimum absolute atomic E-state index is 0.953. The molecule has 0 spiro atoms. The fraction of sp³-hybridized carbons (Fsp3) is 0.0417. The van der Waals surface area contributed by atoms with Crippen molar-refractivity contribution >= 4 is 38.4 Å². The van der Waals surface area contributed by atoms with Crippen LogP contribution in [-0.4, -0.2) is 19.4 Å². The van der Waals surface area contributed by atoms with Gasteiger partial charge < -0.3 is 0 Å². The summed E-state index contributed by atoms with van der Waals surface area (Å²) in [5, 5.41) is 3.31. The Labute approximate surface area is 160 Å². The molecule has 0 radical (unpaired) electrons. The second-order valence-corrected chi connectivity index (χ2v) is 7.39. The minimum atomic E-state index is 0.953. The first kappa shape index (κ1) is 14.3. The molecule has 0 saturated carbocycles. The van der Waals surface area contributed by atoms with Gasteiger partial charge in [0.2, 0.25) is 0 Å². The highest BCUT2D eigenvalue weighted by Crippen LogP contribution is 2.43. The predicted molar refractivity (Wildman–Crippen MR) is 112 cm³/mol. The molecule has 0 bridgehead atoms. The minimum Gasteiger partial charge on any atom is -0.291 e. The lowest BCUT2D eigenvalue weighted by Gasteiger charge is -2.10. The van der Waals surface area contributed by atoms with Crippen LogP contribution in [0.3, 0.4) is 0 Å². The number of hydrogen-bond acceptors (Lipinski definition) is 3. The molecular formula is C24H14N4. The zero-order valence-electron chi connectivity index (χ0n) is 14.9. The van der Waals surface area contributed by atoms with Crippen LogP contribution >= 0.6 is 0 Å². The standard InChI is InChI=1S/C24H14N4/c1-2-4-16-14(3-1)11-15-5-6-20-23(22(15)16)28-21-8-10-26-12-18(21)17-7-9-25-13-19(17)24(28)27-20/h1-10,12-13H,11H2. The van der Waals surface area contributed by atoms with Gasteiger partial charge in [-0.05, 0) is 46.7 Å². The maximum atomic E-state index is 5.05. The van der Waals surface area contributed by atoms with E-state index in [2.05, 4.69) is 62.9 Å². The number of hydrogen-bond donors (Lipinski definition) is 0. The van der Waals surface area contributed by atoms with Crippen LogP contribution in [0.2, 0.25) is 0 Å². The average Bonchev–Trinajstić information content (AvgIpc) is 3.32. The van der Waals surface area contributed by atoms with Gasteiger partial charge in [0.1, 0.15) is 5.65 Å². The van der Waals surface area contributed by atoms with Crippen LogP contribution in [0, 0.1) is 0 Å². The van der Waals surface area contributed by atoms with Gasteiger partial charge in [-0.1, -0.05) is 30.3 Å². The second-order valence-electron chi connectivity index (χ2n) is 7.39. The van der Waals surface area contributed by atoms with Crippen molar-refractivity contribution in [1.29, 1.82) is 0 Å². The molecule has 0 saturated heterocycles. The second kappa shape index (κ2) is 4.93. The molecular weight excluding hydrogens is 344 g/mol. The van der Waals surface area contributed by atoms with Crippen molar-refractivity contribution in [2.24, 2.45) is 0 Å². The molecule has 4 heteroatoms. The van der Waals surface area contributed by atoms with Gasteiger partial charge in [0.25, 0.3) is 0 Å². The number of pyridine rings is 3. The number of imidazole rings is 1. The molecule has 7 rings (SSSR count). The van der Waals surface area contributed by atoms with Gasteiger partial charge in [-0.25, -0.2) is 4.98 Å². The van der Waals surface area contributed by atoms with Crippen LogP contribution in [0.1, 0.15) is 11.1 Å². The van der Waals surface area contributed by atoms with Crippen molar-refractivity contribution in [2.75, 3.05) is 0 Å². The molecule has 0 amide bonds. The molecule has 28 heavy (non-hydrogen) atoms. The van der Waals surface area contributed by atoms with E-state index in [0.29, 0.717) is 0 Å². The first-order valence-corrected chi connectivity index (χ1v) is 9.42. The molecule has 4 heterocycles. The van der Waals surface area contributed by atoms with Gasteiger partial charge in [0.15, 0.2) is 0 Å². The summed E-state index contributed by atoms with van der Waals surface area (Å²) in [7, 11) is 0. The van der Waals surface area contributed by atoms with E-state index in [0.717, 1.165) is 39.3 Å². The van der Waals surface area contributed by atoms with Gasteiger partial charge in [0, 0.05) is 41.1 Å². The lowest BCUT2D eigenvalue weighted by molar-refractivity contribution is 1.26. The lowest BCUT2D eigenvalue weighted by Crippen LogP contribution is -1.94. The Kier molecular flexibility index (Phi) is 2.51. The molecule has 4 aromatic heterocycles.